The lowest BCUT2D eigenvalue weighted by atomic mass is 10.3. The Morgan fingerprint density at radius 1 is 1.47 bits per heavy atom. The SMILES string of the molecule is Cc1cc(C)n(CCCNC(=O)[C@@H]2C[C@H]2C(=O)O)n1. The van der Waals surface area contributed by atoms with Gasteiger partial charge in [0, 0.05) is 18.8 Å². The molecule has 1 aliphatic rings. The molecule has 0 aliphatic heterocycles. The van der Waals surface area contributed by atoms with Crippen LogP contribution in [0.4, 0.5) is 0 Å². The molecule has 2 atom stereocenters. The maximum Gasteiger partial charge on any atom is 0.307 e. The van der Waals surface area contributed by atoms with E-state index in [0.717, 1.165) is 24.4 Å². The Morgan fingerprint density at radius 2 is 2.21 bits per heavy atom. The van der Waals surface area contributed by atoms with Crippen molar-refractivity contribution in [3.8, 4) is 0 Å². The van der Waals surface area contributed by atoms with Crippen molar-refractivity contribution < 1.29 is 14.7 Å². The second-order valence-electron chi connectivity index (χ2n) is 5.08. The Hall–Kier alpha value is -1.85. The zero-order chi connectivity index (χ0) is 14.0. The van der Waals surface area contributed by atoms with Gasteiger partial charge in [-0.05, 0) is 32.8 Å². The number of nitrogens with one attached hydrogen (secondary N) is 1. The number of carbonyl (C=O) groups is 2. The fourth-order valence-corrected chi connectivity index (χ4v) is 2.23. The maximum atomic E-state index is 11.6. The standard InChI is InChI=1S/C13H19N3O3/c1-8-6-9(2)16(15-8)5-3-4-14-12(17)10-7-11(10)13(18)19/h6,10-11H,3-5,7H2,1-2H3,(H,14,17)(H,18,19)/t10-,11-/m1/s1. The van der Waals surface area contributed by atoms with Gasteiger partial charge in [0.15, 0.2) is 0 Å². The summed E-state index contributed by atoms with van der Waals surface area (Å²) in [6, 6.07) is 2.01. The van der Waals surface area contributed by atoms with Crippen LogP contribution in [0.1, 0.15) is 24.2 Å². The second-order valence-corrected chi connectivity index (χ2v) is 5.08. The molecule has 1 aromatic rings. The van der Waals surface area contributed by atoms with E-state index in [1.165, 1.54) is 0 Å². The number of hydrogen-bond donors (Lipinski definition) is 2. The zero-order valence-corrected chi connectivity index (χ0v) is 11.2. The first-order valence-electron chi connectivity index (χ1n) is 6.50. The third-order valence-corrected chi connectivity index (χ3v) is 3.39. The van der Waals surface area contributed by atoms with Gasteiger partial charge in [-0.1, -0.05) is 0 Å². The highest BCUT2D eigenvalue weighted by atomic mass is 16.4. The van der Waals surface area contributed by atoms with Gasteiger partial charge in [0.2, 0.25) is 5.91 Å². The highest BCUT2D eigenvalue weighted by Gasteiger charge is 2.48. The van der Waals surface area contributed by atoms with Crippen LogP contribution in [0.25, 0.3) is 0 Å². The van der Waals surface area contributed by atoms with Gasteiger partial charge in [0.1, 0.15) is 0 Å². The first kappa shape index (κ1) is 13.6. The minimum absolute atomic E-state index is 0.138. The van der Waals surface area contributed by atoms with Crippen LogP contribution in [-0.4, -0.2) is 33.3 Å². The number of carboxylic acid groups (broad SMARTS) is 1. The van der Waals surface area contributed by atoms with Gasteiger partial charge in [0.25, 0.3) is 0 Å². The molecule has 0 bridgehead atoms. The molecule has 2 N–H and O–H groups in total. The highest BCUT2D eigenvalue weighted by molar-refractivity contribution is 5.89. The summed E-state index contributed by atoms with van der Waals surface area (Å²) < 4.78 is 1.92. The minimum Gasteiger partial charge on any atom is -0.481 e. The quantitative estimate of drug-likeness (QED) is 0.743. The zero-order valence-electron chi connectivity index (χ0n) is 11.2. The van der Waals surface area contributed by atoms with E-state index >= 15 is 0 Å². The van der Waals surface area contributed by atoms with Crippen LogP contribution in [0.3, 0.4) is 0 Å². The molecule has 1 saturated carbocycles. The summed E-state index contributed by atoms with van der Waals surface area (Å²) >= 11 is 0. The first-order valence-corrected chi connectivity index (χ1v) is 6.50. The largest absolute Gasteiger partial charge is 0.481 e. The molecule has 6 nitrogen and oxygen atoms in total. The molecule has 1 heterocycles. The lowest BCUT2D eigenvalue weighted by Gasteiger charge is -2.06. The van der Waals surface area contributed by atoms with Crippen molar-refractivity contribution in [1.29, 1.82) is 0 Å². The van der Waals surface area contributed by atoms with E-state index in [-0.39, 0.29) is 11.8 Å². The number of rotatable bonds is 6. The Labute approximate surface area is 111 Å². The number of carboxylic acids is 1. The normalized spacial score (nSPS) is 21.2. The Morgan fingerprint density at radius 3 is 2.74 bits per heavy atom. The third-order valence-electron chi connectivity index (χ3n) is 3.39. The number of nitrogens with zero attached hydrogens (tertiary/aromatic N) is 2. The molecule has 6 heteroatoms. The van der Waals surface area contributed by atoms with Crippen LogP contribution in [0.15, 0.2) is 6.07 Å². The van der Waals surface area contributed by atoms with Gasteiger partial charge in [-0.25, -0.2) is 0 Å². The predicted molar refractivity (Wildman–Crippen MR) is 68.6 cm³/mol. The molecule has 0 unspecified atom stereocenters. The van der Waals surface area contributed by atoms with Crippen LogP contribution in [-0.2, 0) is 16.1 Å². The van der Waals surface area contributed by atoms with Gasteiger partial charge in [-0.2, -0.15) is 5.10 Å². The van der Waals surface area contributed by atoms with Crippen LogP contribution >= 0.6 is 0 Å². The molecule has 1 aromatic heterocycles. The Balaban J connectivity index is 1.66. The van der Waals surface area contributed by atoms with Crippen molar-refractivity contribution in [2.75, 3.05) is 6.54 Å². The van der Waals surface area contributed by atoms with Crippen molar-refractivity contribution in [1.82, 2.24) is 15.1 Å². The summed E-state index contributed by atoms with van der Waals surface area (Å²) in [4.78, 5) is 22.2. The fraction of sp³-hybridized carbons (Fsp3) is 0.615. The molecular formula is C13H19N3O3. The highest BCUT2D eigenvalue weighted by Crippen LogP contribution is 2.38. The molecule has 1 fully saturated rings. The fourth-order valence-electron chi connectivity index (χ4n) is 2.23. The molecular weight excluding hydrogens is 246 g/mol. The summed E-state index contributed by atoms with van der Waals surface area (Å²) in [5, 5.41) is 15.9. The molecule has 2 rings (SSSR count). The molecule has 19 heavy (non-hydrogen) atoms. The molecule has 104 valence electrons. The lowest BCUT2D eigenvalue weighted by Crippen LogP contribution is -2.28. The predicted octanol–water partition coefficient (Wildman–Crippen LogP) is 0.727. The van der Waals surface area contributed by atoms with E-state index in [1.54, 1.807) is 0 Å². The number of carbonyl (C=O) groups excluding carboxylic acids is 1. The number of aryl methyl sites for hydroxylation is 3. The van der Waals surface area contributed by atoms with Crippen molar-refractivity contribution >= 4 is 11.9 Å². The van der Waals surface area contributed by atoms with E-state index in [1.807, 2.05) is 24.6 Å². The minimum atomic E-state index is -0.872. The first-order chi connectivity index (χ1) is 8.99. The van der Waals surface area contributed by atoms with E-state index in [9.17, 15) is 9.59 Å². The van der Waals surface area contributed by atoms with E-state index in [0.29, 0.717) is 13.0 Å². The van der Waals surface area contributed by atoms with Crippen LogP contribution in [0, 0.1) is 25.7 Å². The average molecular weight is 265 g/mol. The van der Waals surface area contributed by atoms with Crippen molar-refractivity contribution in [2.45, 2.75) is 33.2 Å². The molecule has 0 aromatic carbocycles. The summed E-state index contributed by atoms with van der Waals surface area (Å²) in [5.41, 5.74) is 2.10. The summed E-state index contributed by atoms with van der Waals surface area (Å²) in [7, 11) is 0. The number of aliphatic carboxylic acids is 1. The molecule has 0 spiro atoms. The Kier molecular flexibility index (Phi) is 3.87. The van der Waals surface area contributed by atoms with Crippen LogP contribution in [0.5, 0.6) is 0 Å². The number of aromatic nitrogens is 2. The van der Waals surface area contributed by atoms with Crippen LogP contribution in [0.2, 0.25) is 0 Å². The summed E-state index contributed by atoms with van der Waals surface area (Å²) in [6.07, 6.45) is 1.26. The smallest absolute Gasteiger partial charge is 0.307 e. The van der Waals surface area contributed by atoms with Gasteiger partial charge >= 0.3 is 5.97 Å². The molecule has 1 amide bonds. The topological polar surface area (TPSA) is 84.2 Å². The van der Waals surface area contributed by atoms with Gasteiger partial charge < -0.3 is 10.4 Å². The monoisotopic (exact) mass is 265 g/mol. The number of hydrogen-bond acceptors (Lipinski definition) is 3. The summed E-state index contributed by atoms with van der Waals surface area (Å²) in [5.74, 6) is -1.81. The maximum absolute atomic E-state index is 11.6. The third kappa shape index (κ3) is 3.33. The number of amides is 1. The average Bonchev–Trinajstić information content (AvgIpc) is 3.07. The summed E-state index contributed by atoms with van der Waals surface area (Å²) in [6.45, 7) is 5.26. The molecule has 0 saturated heterocycles. The van der Waals surface area contributed by atoms with Crippen LogP contribution < -0.4 is 5.32 Å². The van der Waals surface area contributed by atoms with Gasteiger partial charge in [-0.15, -0.1) is 0 Å². The molecule has 0 radical (unpaired) electrons. The van der Waals surface area contributed by atoms with Crippen molar-refractivity contribution in [3.63, 3.8) is 0 Å². The van der Waals surface area contributed by atoms with Crippen molar-refractivity contribution in [3.05, 3.63) is 17.5 Å². The Bertz CT molecular complexity index is 495. The van der Waals surface area contributed by atoms with Crippen molar-refractivity contribution in [2.24, 2.45) is 11.8 Å². The van der Waals surface area contributed by atoms with E-state index in [2.05, 4.69) is 10.4 Å². The van der Waals surface area contributed by atoms with Gasteiger partial charge in [0.05, 0.1) is 17.5 Å². The lowest BCUT2D eigenvalue weighted by molar-refractivity contribution is -0.140. The second kappa shape index (κ2) is 5.42. The van der Waals surface area contributed by atoms with E-state index < -0.39 is 11.9 Å². The van der Waals surface area contributed by atoms with E-state index in [4.69, 9.17) is 5.11 Å². The van der Waals surface area contributed by atoms with Gasteiger partial charge in [-0.3, -0.25) is 14.3 Å². The molecule has 1 aliphatic carbocycles.